The lowest BCUT2D eigenvalue weighted by molar-refractivity contribution is -0.384. The molecule has 1 aliphatic rings. The Labute approximate surface area is 186 Å². The molecule has 0 saturated heterocycles. The molecule has 33 heavy (non-hydrogen) atoms. The average Bonchev–Trinajstić information content (AvgIpc) is 3.09. The number of aryl methyl sites for hydroxylation is 2. The fourth-order valence-corrected chi connectivity index (χ4v) is 4.21. The summed E-state index contributed by atoms with van der Waals surface area (Å²) in [6, 6.07) is 13.7. The minimum atomic E-state index is -0.974. The van der Waals surface area contributed by atoms with Gasteiger partial charge in [0.05, 0.1) is 21.9 Å². The summed E-state index contributed by atoms with van der Waals surface area (Å²) >= 11 is 0. The fourth-order valence-electron chi connectivity index (χ4n) is 4.21. The number of carbonyl (C=O) groups excluding carboxylic acids is 1. The smallest absolute Gasteiger partial charge is 0.295 e. The van der Waals surface area contributed by atoms with E-state index in [1.165, 1.54) is 29.2 Å². The van der Waals surface area contributed by atoms with E-state index in [9.17, 15) is 24.1 Å². The third-order valence-electron chi connectivity index (χ3n) is 6.00. The number of hydrogen-bond donors (Lipinski definition) is 0. The van der Waals surface area contributed by atoms with E-state index in [0.29, 0.717) is 11.3 Å². The number of anilines is 1. The van der Waals surface area contributed by atoms with E-state index in [1.807, 2.05) is 26.0 Å². The molecule has 0 spiro atoms. The fraction of sp³-hybridized carbons (Fsp3) is 0.120. The highest BCUT2D eigenvalue weighted by Gasteiger charge is 2.44. The van der Waals surface area contributed by atoms with Crippen LogP contribution in [0.3, 0.4) is 0 Å². The largest absolute Gasteiger partial charge is 0.450 e. The molecule has 0 fully saturated rings. The van der Waals surface area contributed by atoms with Gasteiger partial charge in [0, 0.05) is 17.8 Å². The highest BCUT2D eigenvalue weighted by molar-refractivity contribution is 6.10. The Bertz CT molecular complexity index is 1540. The molecule has 164 valence electrons. The first kappa shape index (κ1) is 20.6. The van der Waals surface area contributed by atoms with E-state index in [0.717, 1.165) is 23.3 Å². The van der Waals surface area contributed by atoms with Crippen molar-refractivity contribution < 1.29 is 18.5 Å². The second kappa shape index (κ2) is 7.37. The molecule has 3 aromatic carbocycles. The summed E-state index contributed by atoms with van der Waals surface area (Å²) in [4.78, 5) is 39.3. The Morgan fingerprint density at radius 3 is 2.52 bits per heavy atom. The zero-order valence-corrected chi connectivity index (χ0v) is 17.7. The third kappa shape index (κ3) is 3.18. The van der Waals surface area contributed by atoms with Gasteiger partial charge in [-0.2, -0.15) is 0 Å². The minimum Gasteiger partial charge on any atom is -0.450 e. The van der Waals surface area contributed by atoms with Crippen molar-refractivity contribution in [3.8, 4) is 0 Å². The lowest BCUT2D eigenvalue weighted by Gasteiger charge is -2.25. The van der Waals surface area contributed by atoms with Crippen molar-refractivity contribution >= 4 is 28.3 Å². The molecule has 0 bridgehead atoms. The van der Waals surface area contributed by atoms with Gasteiger partial charge in [0.25, 0.3) is 11.6 Å². The first-order valence-electron chi connectivity index (χ1n) is 10.2. The van der Waals surface area contributed by atoms with Crippen LogP contribution in [0.15, 0.2) is 69.9 Å². The average molecular weight is 444 g/mol. The van der Waals surface area contributed by atoms with Crippen LogP contribution < -0.4 is 10.3 Å². The van der Waals surface area contributed by atoms with Crippen molar-refractivity contribution in [2.45, 2.75) is 19.9 Å². The maximum absolute atomic E-state index is 13.9. The molecular formula is C25H17FN2O5. The topological polar surface area (TPSA) is 93.7 Å². The highest BCUT2D eigenvalue weighted by Crippen LogP contribution is 2.42. The Morgan fingerprint density at radius 1 is 1.00 bits per heavy atom. The van der Waals surface area contributed by atoms with Crippen molar-refractivity contribution in [1.29, 1.82) is 0 Å². The van der Waals surface area contributed by atoms with Crippen molar-refractivity contribution in [1.82, 2.24) is 0 Å². The zero-order valence-electron chi connectivity index (χ0n) is 17.7. The SMILES string of the molecule is Cc1ccc(N2C(=O)c3oc4ccc(F)cc4c(=O)c3C2c2cccc([N+](=O)[O-])c2)cc1C. The second-order valence-corrected chi connectivity index (χ2v) is 8.01. The lowest BCUT2D eigenvalue weighted by atomic mass is 9.97. The first-order chi connectivity index (χ1) is 15.8. The number of nitrogens with zero attached hydrogens (tertiary/aromatic N) is 2. The molecule has 1 aliphatic heterocycles. The normalized spacial score (nSPS) is 15.2. The number of non-ortho nitro benzene ring substituents is 1. The number of carbonyl (C=O) groups is 1. The molecule has 1 atom stereocenters. The van der Waals surface area contributed by atoms with Crippen molar-refractivity contribution in [2.75, 3.05) is 4.90 Å². The van der Waals surface area contributed by atoms with Gasteiger partial charge in [-0.25, -0.2) is 4.39 Å². The van der Waals surface area contributed by atoms with E-state index in [-0.39, 0.29) is 28.0 Å². The van der Waals surface area contributed by atoms with E-state index < -0.39 is 28.1 Å². The molecule has 0 N–H and O–H groups in total. The van der Waals surface area contributed by atoms with Crippen LogP contribution in [0, 0.1) is 29.8 Å². The Kier molecular flexibility index (Phi) is 4.59. The van der Waals surface area contributed by atoms with Crippen LogP contribution in [0.2, 0.25) is 0 Å². The van der Waals surface area contributed by atoms with Gasteiger partial charge in [-0.15, -0.1) is 0 Å². The zero-order chi connectivity index (χ0) is 23.4. The number of rotatable bonds is 3. The number of benzene rings is 3. The van der Waals surface area contributed by atoms with Crippen LogP contribution in [0.1, 0.15) is 38.9 Å². The molecular weight excluding hydrogens is 427 g/mol. The maximum atomic E-state index is 13.9. The van der Waals surface area contributed by atoms with Gasteiger partial charge in [-0.1, -0.05) is 18.2 Å². The lowest BCUT2D eigenvalue weighted by Crippen LogP contribution is -2.29. The van der Waals surface area contributed by atoms with Crippen LogP contribution in [0.4, 0.5) is 15.8 Å². The van der Waals surface area contributed by atoms with Crippen molar-refractivity contribution in [3.63, 3.8) is 0 Å². The number of hydrogen-bond acceptors (Lipinski definition) is 5. The third-order valence-corrected chi connectivity index (χ3v) is 6.00. The van der Waals surface area contributed by atoms with Crippen molar-refractivity contribution in [2.24, 2.45) is 0 Å². The van der Waals surface area contributed by atoms with Crippen LogP contribution >= 0.6 is 0 Å². The van der Waals surface area contributed by atoms with Gasteiger partial charge in [-0.3, -0.25) is 24.6 Å². The molecule has 1 unspecified atom stereocenters. The van der Waals surface area contributed by atoms with Crippen LogP contribution in [0.5, 0.6) is 0 Å². The first-order valence-corrected chi connectivity index (χ1v) is 10.2. The maximum Gasteiger partial charge on any atom is 0.295 e. The molecule has 0 aliphatic carbocycles. The molecule has 5 rings (SSSR count). The summed E-state index contributed by atoms with van der Waals surface area (Å²) < 4.78 is 19.7. The molecule has 8 heteroatoms. The second-order valence-electron chi connectivity index (χ2n) is 8.01. The van der Waals surface area contributed by atoms with Gasteiger partial charge < -0.3 is 4.42 Å². The van der Waals surface area contributed by atoms with Crippen LogP contribution in [-0.4, -0.2) is 10.8 Å². The van der Waals surface area contributed by atoms with Crippen molar-refractivity contribution in [3.05, 3.63) is 115 Å². The highest BCUT2D eigenvalue weighted by atomic mass is 19.1. The number of halogens is 1. The molecule has 0 saturated carbocycles. The number of amides is 1. The summed E-state index contributed by atoms with van der Waals surface area (Å²) in [5.74, 6) is -1.32. The number of nitro groups is 1. The number of fused-ring (bicyclic) bond motifs is 2. The van der Waals surface area contributed by atoms with E-state index in [1.54, 1.807) is 12.1 Å². The quantitative estimate of drug-likeness (QED) is 0.320. The minimum absolute atomic E-state index is 0.00100. The summed E-state index contributed by atoms with van der Waals surface area (Å²) in [7, 11) is 0. The van der Waals surface area contributed by atoms with Gasteiger partial charge in [0.15, 0.2) is 5.43 Å². The Hall–Kier alpha value is -4.33. The predicted molar refractivity (Wildman–Crippen MR) is 120 cm³/mol. The van der Waals surface area contributed by atoms with Gasteiger partial charge in [0.1, 0.15) is 11.4 Å². The van der Waals surface area contributed by atoms with E-state index in [2.05, 4.69) is 0 Å². The molecule has 4 aromatic rings. The molecule has 0 radical (unpaired) electrons. The summed E-state index contributed by atoms with van der Waals surface area (Å²) in [5, 5.41) is 11.4. The Balaban J connectivity index is 1.83. The molecule has 1 amide bonds. The van der Waals surface area contributed by atoms with Gasteiger partial charge in [0.2, 0.25) is 5.76 Å². The van der Waals surface area contributed by atoms with Crippen LogP contribution in [-0.2, 0) is 0 Å². The number of nitro benzene ring substituents is 1. The summed E-state index contributed by atoms with van der Waals surface area (Å²) in [6.45, 7) is 3.83. The Morgan fingerprint density at radius 2 is 1.79 bits per heavy atom. The summed E-state index contributed by atoms with van der Waals surface area (Å²) in [5.41, 5.74) is 2.22. The standard InChI is InChI=1S/C25H17FN2O5/c1-13-6-8-17(10-14(13)2)27-22(15-4-3-5-18(11-15)28(31)32)21-23(29)19-12-16(26)7-9-20(19)33-24(21)25(27)30/h3-12,22H,1-2H3. The molecule has 1 aromatic heterocycles. The summed E-state index contributed by atoms with van der Waals surface area (Å²) in [6.07, 6.45) is 0. The molecule has 7 nitrogen and oxygen atoms in total. The predicted octanol–water partition coefficient (Wildman–Crippen LogP) is 5.21. The van der Waals surface area contributed by atoms with E-state index >= 15 is 0 Å². The monoisotopic (exact) mass is 444 g/mol. The van der Waals surface area contributed by atoms with E-state index in [4.69, 9.17) is 4.42 Å². The van der Waals surface area contributed by atoms with Gasteiger partial charge in [-0.05, 0) is 60.9 Å². The van der Waals surface area contributed by atoms with Gasteiger partial charge >= 0.3 is 0 Å². The van der Waals surface area contributed by atoms with Crippen LogP contribution in [0.25, 0.3) is 11.0 Å². The molecule has 2 heterocycles.